The Morgan fingerprint density at radius 2 is 2.16 bits per heavy atom. The van der Waals surface area contributed by atoms with Crippen LogP contribution in [0.15, 0.2) is 33.3 Å². The first-order valence-corrected chi connectivity index (χ1v) is 7.95. The molecule has 0 amide bonds. The van der Waals surface area contributed by atoms with E-state index in [4.69, 9.17) is 4.74 Å². The Labute approximate surface area is 111 Å². The van der Waals surface area contributed by atoms with Crippen molar-refractivity contribution in [2.24, 2.45) is 4.36 Å². The van der Waals surface area contributed by atoms with Crippen molar-refractivity contribution in [2.45, 2.75) is 13.5 Å². The minimum atomic E-state index is -2.18. The van der Waals surface area contributed by atoms with Crippen LogP contribution in [0.5, 0.6) is 5.75 Å². The Morgan fingerprint density at radius 1 is 1.37 bits per heavy atom. The second-order valence-electron chi connectivity index (χ2n) is 4.35. The summed E-state index contributed by atoms with van der Waals surface area (Å²) in [7, 11) is -2.18. The molecule has 0 atom stereocenters. The van der Waals surface area contributed by atoms with Crippen LogP contribution in [0.1, 0.15) is 11.4 Å². The van der Waals surface area contributed by atoms with E-state index in [9.17, 15) is 4.21 Å². The Bertz CT molecular complexity index is 679. The van der Waals surface area contributed by atoms with Gasteiger partial charge in [-0.1, -0.05) is 16.4 Å². The quantitative estimate of drug-likeness (QED) is 0.859. The highest BCUT2D eigenvalue weighted by Crippen LogP contribution is 2.21. The van der Waals surface area contributed by atoms with Gasteiger partial charge in [-0.15, -0.1) is 0 Å². The summed E-state index contributed by atoms with van der Waals surface area (Å²) in [6.07, 6.45) is 3.18. The number of ether oxygens (including phenoxy) is 1. The maximum Gasteiger partial charge on any atom is 0.145 e. The van der Waals surface area contributed by atoms with Crippen molar-refractivity contribution in [1.82, 2.24) is 10.3 Å². The maximum atomic E-state index is 11.6. The average Bonchev–Trinajstić information content (AvgIpc) is 2.70. The van der Waals surface area contributed by atoms with E-state index in [0.29, 0.717) is 22.8 Å². The van der Waals surface area contributed by atoms with Gasteiger partial charge in [-0.3, -0.25) is 0 Å². The van der Waals surface area contributed by atoms with Crippen molar-refractivity contribution in [3.05, 3.63) is 35.7 Å². The minimum Gasteiger partial charge on any atom is -0.487 e. The minimum absolute atomic E-state index is 0.270. The predicted octanol–water partition coefficient (Wildman–Crippen LogP) is 2.32. The first kappa shape index (κ1) is 13.5. The number of aromatic nitrogens is 2. The summed E-state index contributed by atoms with van der Waals surface area (Å²) in [6, 6.07) is 7.11. The van der Waals surface area contributed by atoms with Crippen LogP contribution in [0.4, 0.5) is 5.69 Å². The number of rotatable bonds is 4. The Balaban J connectivity index is 2.12. The molecular weight excluding hydrogens is 266 g/mol. The maximum absolute atomic E-state index is 11.6. The Kier molecular flexibility index (Phi) is 3.84. The number of hydrogen-bond donors (Lipinski definition) is 0. The van der Waals surface area contributed by atoms with E-state index in [1.165, 1.54) is 0 Å². The molecule has 102 valence electrons. The van der Waals surface area contributed by atoms with Crippen LogP contribution in [0.25, 0.3) is 0 Å². The fraction of sp³-hybridized carbons (Fsp3) is 0.333. The zero-order valence-electron chi connectivity index (χ0n) is 11.0. The van der Waals surface area contributed by atoms with Gasteiger partial charge in [-0.05, 0) is 19.1 Å². The number of benzene rings is 1. The van der Waals surface area contributed by atoms with Gasteiger partial charge in [0.05, 0.1) is 5.69 Å². The number of hydrogen-bond acceptors (Lipinski definition) is 6. The number of aryl methyl sites for hydroxylation is 1. The third-order valence-electron chi connectivity index (χ3n) is 2.26. The molecule has 2 rings (SSSR count). The molecule has 0 aliphatic rings. The second-order valence-corrected chi connectivity index (χ2v) is 6.90. The zero-order chi connectivity index (χ0) is 13.9. The summed E-state index contributed by atoms with van der Waals surface area (Å²) in [5.74, 6) is 0.632. The van der Waals surface area contributed by atoms with Crippen molar-refractivity contribution in [3.63, 3.8) is 0 Å². The summed E-state index contributed by atoms with van der Waals surface area (Å²) in [6.45, 7) is 2.07. The van der Waals surface area contributed by atoms with E-state index < -0.39 is 9.73 Å². The third-order valence-corrected chi connectivity index (χ3v) is 2.92. The van der Waals surface area contributed by atoms with Gasteiger partial charge in [0.25, 0.3) is 0 Å². The van der Waals surface area contributed by atoms with Crippen molar-refractivity contribution >= 4 is 15.4 Å². The van der Waals surface area contributed by atoms with E-state index in [1.54, 1.807) is 43.7 Å². The van der Waals surface area contributed by atoms with Gasteiger partial charge in [0, 0.05) is 28.3 Å². The molecule has 0 bridgehead atoms. The van der Waals surface area contributed by atoms with Crippen LogP contribution in [-0.2, 0) is 16.3 Å². The Morgan fingerprint density at radius 3 is 2.79 bits per heavy atom. The van der Waals surface area contributed by atoms with Gasteiger partial charge < -0.3 is 4.74 Å². The molecule has 2 aromatic rings. The third kappa shape index (κ3) is 4.06. The highest BCUT2D eigenvalue weighted by molar-refractivity contribution is 7.92. The molecule has 0 fully saturated rings. The molecule has 19 heavy (non-hydrogen) atoms. The van der Waals surface area contributed by atoms with Crippen LogP contribution in [0.3, 0.4) is 0 Å². The highest BCUT2D eigenvalue weighted by atomic mass is 32.2. The van der Waals surface area contributed by atoms with E-state index >= 15 is 0 Å². The largest absolute Gasteiger partial charge is 0.487 e. The summed E-state index contributed by atoms with van der Waals surface area (Å²) in [5, 5.41) is 7.40. The molecule has 6 nitrogen and oxygen atoms in total. The van der Waals surface area contributed by atoms with E-state index in [0.717, 1.165) is 0 Å². The van der Waals surface area contributed by atoms with Gasteiger partial charge in [0.1, 0.15) is 23.7 Å². The van der Waals surface area contributed by atoms with E-state index in [-0.39, 0.29) is 6.61 Å². The predicted molar refractivity (Wildman–Crippen MR) is 71.9 cm³/mol. The van der Waals surface area contributed by atoms with E-state index in [2.05, 4.69) is 19.3 Å². The first-order valence-electron chi connectivity index (χ1n) is 5.62. The lowest BCUT2D eigenvalue weighted by atomic mass is 10.3. The molecule has 0 saturated carbocycles. The van der Waals surface area contributed by atoms with Gasteiger partial charge in [0.2, 0.25) is 0 Å². The smallest absolute Gasteiger partial charge is 0.145 e. The SMILES string of the molecule is Cc1nonc1COc1cccc(N=S(C)(C)=O)c1. The van der Waals surface area contributed by atoms with Gasteiger partial charge in [-0.2, -0.15) is 4.36 Å². The summed E-state index contributed by atoms with van der Waals surface area (Å²) >= 11 is 0. The molecule has 0 aliphatic heterocycles. The molecule has 1 aromatic heterocycles. The van der Waals surface area contributed by atoms with Crippen molar-refractivity contribution in [3.8, 4) is 5.75 Å². The van der Waals surface area contributed by atoms with Crippen LogP contribution in [0, 0.1) is 6.92 Å². The lowest BCUT2D eigenvalue weighted by Gasteiger charge is -2.05. The Hall–Kier alpha value is -1.89. The van der Waals surface area contributed by atoms with Crippen LogP contribution < -0.4 is 4.74 Å². The molecule has 0 aliphatic carbocycles. The molecule has 0 saturated heterocycles. The normalized spacial score (nSPS) is 11.3. The molecule has 1 heterocycles. The highest BCUT2D eigenvalue weighted by Gasteiger charge is 2.06. The summed E-state index contributed by atoms with van der Waals surface area (Å²) in [4.78, 5) is 0. The monoisotopic (exact) mass is 281 g/mol. The van der Waals surface area contributed by atoms with Crippen LogP contribution in [-0.4, -0.2) is 27.0 Å². The van der Waals surface area contributed by atoms with E-state index in [1.807, 2.05) is 0 Å². The topological polar surface area (TPSA) is 77.6 Å². The lowest BCUT2D eigenvalue weighted by molar-refractivity contribution is 0.270. The number of nitrogens with zero attached hydrogens (tertiary/aromatic N) is 3. The fourth-order valence-corrected chi connectivity index (χ4v) is 2.04. The van der Waals surface area contributed by atoms with Crippen molar-refractivity contribution < 1.29 is 13.6 Å². The second kappa shape index (κ2) is 5.40. The lowest BCUT2D eigenvalue weighted by Crippen LogP contribution is -1.97. The first-order chi connectivity index (χ1) is 8.94. The molecule has 0 spiro atoms. The molecular formula is C12H15N3O3S. The molecule has 1 aromatic carbocycles. The molecule has 0 N–H and O–H groups in total. The van der Waals surface area contributed by atoms with Gasteiger partial charge in [0.15, 0.2) is 0 Å². The standard InChI is InChI=1S/C12H15N3O3S/c1-9-12(14-18-13-9)8-17-11-6-4-5-10(7-11)15-19(2,3)16/h4-7H,8H2,1-3H3. The van der Waals surface area contributed by atoms with Crippen molar-refractivity contribution in [2.75, 3.05) is 12.5 Å². The molecule has 7 heteroatoms. The van der Waals surface area contributed by atoms with Gasteiger partial charge >= 0.3 is 0 Å². The van der Waals surface area contributed by atoms with Crippen molar-refractivity contribution in [1.29, 1.82) is 0 Å². The molecule has 0 radical (unpaired) electrons. The summed E-state index contributed by atoms with van der Waals surface area (Å²) < 4.78 is 25.9. The van der Waals surface area contributed by atoms with Crippen LogP contribution in [0.2, 0.25) is 0 Å². The van der Waals surface area contributed by atoms with Crippen LogP contribution >= 0.6 is 0 Å². The molecule has 0 unspecified atom stereocenters. The summed E-state index contributed by atoms with van der Waals surface area (Å²) in [5.41, 5.74) is 1.98. The average molecular weight is 281 g/mol. The fourth-order valence-electron chi connectivity index (χ4n) is 1.42. The van der Waals surface area contributed by atoms with Gasteiger partial charge in [-0.25, -0.2) is 8.84 Å². The zero-order valence-corrected chi connectivity index (χ0v) is 11.8.